The van der Waals surface area contributed by atoms with Gasteiger partial charge in [0.2, 0.25) is 23.8 Å². The SMILES string of the molecule is CCOC(=O)c1nc(-c2ccnc(Nc3cc(C)cc(C)c3)n2)sc1SC.CSc1sc(-c2ccnc(Nc3cc(C)cc(C)c3)n2)nc1C(=O)O.CSc1sc(-c2ccnc(Nc3cc(C)cc(C)c3)n2)nc1CN1CCCCC1.CSc1sc(-c2ccnc(Nc3cc(C)cc(C)c3)n2)nc1CO. The molecule has 105 heavy (non-hydrogen) atoms. The van der Waals surface area contributed by atoms with Gasteiger partial charge in [0.1, 0.15) is 42.8 Å². The number of nitrogens with zero attached hydrogens (tertiary/aromatic N) is 13. The lowest BCUT2D eigenvalue weighted by atomic mass is 10.1. The molecule has 9 heterocycles. The summed E-state index contributed by atoms with van der Waals surface area (Å²) in [6.07, 6.45) is 18.6. The molecule has 1 fully saturated rings. The Morgan fingerprint density at radius 1 is 0.429 bits per heavy atom. The van der Waals surface area contributed by atoms with Gasteiger partial charge >= 0.3 is 11.9 Å². The highest BCUT2D eigenvalue weighted by Crippen LogP contribution is 2.38. The number of carboxylic acid groups (broad SMARTS) is 1. The summed E-state index contributed by atoms with van der Waals surface area (Å²) in [5, 5.41) is 34.6. The monoisotopic (exact) mass is 1560 g/mol. The molecule has 0 atom stereocenters. The van der Waals surface area contributed by atoms with Crippen molar-refractivity contribution in [1.29, 1.82) is 0 Å². The Kier molecular flexibility index (Phi) is 28.5. The quantitative estimate of drug-likeness (QED) is 0.0271. The molecule has 544 valence electrons. The van der Waals surface area contributed by atoms with Crippen LogP contribution >= 0.6 is 92.4 Å². The van der Waals surface area contributed by atoms with Gasteiger partial charge in [-0.3, -0.25) is 4.90 Å². The number of aliphatic hydroxyl groups is 1. The van der Waals surface area contributed by atoms with Crippen molar-refractivity contribution in [3.63, 3.8) is 0 Å². The van der Waals surface area contributed by atoms with E-state index in [-0.39, 0.29) is 12.3 Å². The minimum atomic E-state index is -1.03. The first-order valence-corrected chi connectivity index (χ1v) is 41.5. The van der Waals surface area contributed by atoms with Crippen LogP contribution in [0.5, 0.6) is 0 Å². The van der Waals surface area contributed by atoms with E-state index in [0.717, 1.165) is 81.4 Å². The summed E-state index contributed by atoms with van der Waals surface area (Å²) in [7, 11) is 0. The van der Waals surface area contributed by atoms with Crippen molar-refractivity contribution >= 4 is 151 Å². The number of rotatable bonds is 22. The third kappa shape index (κ3) is 22.4. The summed E-state index contributed by atoms with van der Waals surface area (Å²) in [4.78, 5) is 79.5. The zero-order valence-corrected chi connectivity index (χ0v) is 66.9. The molecule has 12 aromatic rings. The molecule has 30 heteroatoms. The molecule has 0 amide bonds. The number of aliphatic hydroxyl groups excluding tert-OH is 1. The van der Waals surface area contributed by atoms with Crippen molar-refractivity contribution in [2.24, 2.45) is 0 Å². The van der Waals surface area contributed by atoms with Crippen molar-refractivity contribution < 1.29 is 24.5 Å². The zero-order valence-electron chi connectivity index (χ0n) is 60.4. The lowest BCUT2D eigenvalue weighted by molar-refractivity contribution is 0.0516. The lowest BCUT2D eigenvalue weighted by Crippen LogP contribution is -2.29. The smallest absolute Gasteiger partial charge is 0.359 e. The van der Waals surface area contributed by atoms with Gasteiger partial charge in [0, 0.05) is 54.1 Å². The number of hydrogen-bond acceptors (Lipinski definition) is 29. The van der Waals surface area contributed by atoms with E-state index in [1.165, 1.54) is 122 Å². The van der Waals surface area contributed by atoms with Crippen LogP contribution in [0.3, 0.4) is 0 Å². The zero-order chi connectivity index (χ0) is 74.7. The third-order valence-corrected chi connectivity index (χ3v) is 24.2. The van der Waals surface area contributed by atoms with Crippen LogP contribution in [0.25, 0.3) is 42.8 Å². The molecule has 13 rings (SSSR count). The molecular formula is C75H81N17O5S8. The predicted molar refractivity (Wildman–Crippen MR) is 434 cm³/mol. The molecule has 4 aromatic carbocycles. The average molecular weight is 1560 g/mol. The molecule has 0 bridgehead atoms. The molecule has 8 aromatic heterocycles. The van der Waals surface area contributed by atoms with Crippen LogP contribution in [0.2, 0.25) is 0 Å². The first-order valence-electron chi connectivity index (χ1n) is 33.3. The van der Waals surface area contributed by atoms with E-state index in [1.54, 1.807) is 78.7 Å². The van der Waals surface area contributed by atoms with Gasteiger partial charge in [-0.15, -0.1) is 92.4 Å². The molecule has 0 unspecified atom stereocenters. The molecule has 22 nitrogen and oxygen atoms in total. The molecule has 0 saturated carbocycles. The van der Waals surface area contributed by atoms with E-state index in [9.17, 15) is 19.8 Å². The largest absolute Gasteiger partial charge is 0.476 e. The number of carboxylic acids is 1. The number of thioether (sulfide) groups is 4. The number of thiazole rings is 4. The number of carbonyl (C=O) groups excluding carboxylic acids is 1. The maximum absolute atomic E-state index is 12.1. The van der Waals surface area contributed by atoms with E-state index in [1.807, 2.05) is 82.9 Å². The number of carbonyl (C=O) groups is 2. The Labute approximate surface area is 644 Å². The Balaban J connectivity index is 0.000000150. The van der Waals surface area contributed by atoms with Crippen LogP contribution in [0.15, 0.2) is 139 Å². The number of likely N-dealkylation sites (tertiary alicyclic amines) is 1. The Hall–Kier alpha value is -8.82. The van der Waals surface area contributed by atoms with E-state index >= 15 is 0 Å². The van der Waals surface area contributed by atoms with Crippen molar-refractivity contribution in [3.05, 3.63) is 189 Å². The normalized spacial score (nSPS) is 11.9. The summed E-state index contributed by atoms with van der Waals surface area (Å²) in [6.45, 7) is 21.8. The van der Waals surface area contributed by atoms with Crippen LogP contribution in [0.4, 0.5) is 46.5 Å². The van der Waals surface area contributed by atoms with E-state index < -0.39 is 11.9 Å². The molecule has 0 spiro atoms. The third-order valence-electron chi connectivity index (χ3n) is 15.3. The Morgan fingerprint density at radius 2 is 0.733 bits per heavy atom. The topological polar surface area (TPSA) is 290 Å². The van der Waals surface area contributed by atoms with Crippen LogP contribution in [-0.4, -0.2) is 132 Å². The fraction of sp³-hybridized carbons (Fsp3) is 0.280. The second-order valence-corrected chi connectivity index (χ2v) is 32.5. The lowest BCUT2D eigenvalue weighted by Gasteiger charge is -2.25. The van der Waals surface area contributed by atoms with Gasteiger partial charge in [0.05, 0.1) is 41.4 Å². The highest BCUT2D eigenvalue weighted by atomic mass is 32.2. The average Bonchev–Trinajstić information content (AvgIpc) is 1.72. The molecule has 0 aliphatic carbocycles. The number of benzene rings is 4. The number of piperidine rings is 1. The second kappa shape index (κ2) is 37.9. The minimum Gasteiger partial charge on any atom is -0.476 e. The second-order valence-electron chi connectivity index (χ2n) is 24.2. The van der Waals surface area contributed by atoms with Gasteiger partial charge in [-0.25, -0.2) is 69.4 Å². The van der Waals surface area contributed by atoms with Crippen LogP contribution in [0.1, 0.15) is 103 Å². The highest BCUT2D eigenvalue weighted by Gasteiger charge is 2.23. The van der Waals surface area contributed by atoms with Crippen LogP contribution in [-0.2, 0) is 17.9 Å². The fourth-order valence-electron chi connectivity index (χ4n) is 11.2. The molecular weight excluding hydrogens is 1480 g/mol. The summed E-state index contributed by atoms with van der Waals surface area (Å²) in [5.41, 5.74) is 18.4. The van der Waals surface area contributed by atoms with Gasteiger partial charge in [0.15, 0.2) is 11.4 Å². The molecule has 1 saturated heterocycles. The predicted octanol–water partition coefficient (Wildman–Crippen LogP) is 19.1. The maximum Gasteiger partial charge on any atom is 0.359 e. The number of esters is 1. The van der Waals surface area contributed by atoms with Crippen molar-refractivity contribution in [3.8, 4) is 42.8 Å². The number of aryl methyl sites for hydroxylation is 8. The van der Waals surface area contributed by atoms with Gasteiger partial charge in [0.25, 0.3) is 0 Å². The molecule has 1 aliphatic rings. The van der Waals surface area contributed by atoms with Crippen LogP contribution in [0, 0.1) is 55.4 Å². The maximum atomic E-state index is 12.1. The first kappa shape index (κ1) is 78.8. The highest BCUT2D eigenvalue weighted by molar-refractivity contribution is 8.01. The summed E-state index contributed by atoms with van der Waals surface area (Å²) in [6, 6.07) is 32.2. The summed E-state index contributed by atoms with van der Waals surface area (Å²) < 4.78 is 8.85. The standard InChI is InChI=1S/C22H27N5S2.C19H20N4O2S2.C17H16N4O2S2.C17H18N4OS2/c1-15-11-16(2)13-17(12-15)24-22-23-8-7-18(26-22)20-25-19(21(28-3)29-20)14-27-9-5-4-6-10-27;1-5-25-17(24)15-18(26-4)27-16(23-15)14-6-7-20-19(22-14)21-13-9-11(2)8-12(3)10-13;1-9-6-10(2)8-11(7-9)19-17-18-5-4-12(20-17)14-21-13(15(22)23)16(24-3)25-14;1-10-6-11(2)8-12(7-10)19-17-18-5-4-13(21-17)15-20-14(9-22)16(23-3)24-15/h7-8,11-13H,4-6,9-10,14H2,1-3H3,(H,23,24,26);6-10H,5H2,1-4H3,(H,20,21,22);4-8H,1-3H3,(H,22,23)(H,18,19,20);4-8,22H,9H2,1-3H3,(H,18,19,21). The van der Waals surface area contributed by atoms with E-state index in [4.69, 9.17) is 14.7 Å². The molecule has 6 N–H and O–H groups in total. The van der Waals surface area contributed by atoms with Gasteiger partial charge in [-0.05, 0) is 231 Å². The number of aromatic carboxylic acids is 1. The van der Waals surface area contributed by atoms with Gasteiger partial charge < -0.3 is 36.2 Å². The Bertz CT molecular complexity index is 4880. The summed E-state index contributed by atoms with van der Waals surface area (Å²) >= 11 is 12.2. The van der Waals surface area contributed by atoms with Crippen LogP contribution < -0.4 is 21.3 Å². The fourth-order valence-corrected chi connectivity index (χ4v) is 17.9. The van der Waals surface area contributed by atoms with E-state index in [0.29, 0.717) is 67.4 Å². The van der Waals surface area contributed by atoms with Crippen molar-refractivity contribution in [2.45, 2.75) is 112 Å². The molecule has 1 aliphatic heterocycles. The van der Waals surface area contributed by atoms with Crippen molar-refractivity contribution in [2.75, 3.05) is 66.0 Å². The number of ether oxygens (including phenoxy) is 1. The number of aromatic nitrogens is 12. The van der Waals surface area contributed by atoms with Crippen molar-refractivity contribution in [1.82, 2.24) is 64.7 Å². The first-order chi connectivity index (χ1) is 50.6. The van der Waals surface area contributed by atoms with Gasteiger partial charge in [-0.1, -0.05) is 30.7 Å². The Morgan fingerprint density at radius 3 is 1.04 bits per heavy atom. The van der Waals surface area contributed by atoms with Gasteiger partial charge in [-0.2, -0.15) is 0 Å². The number of hydrogen-bond donors (Lipinski definition) is 6. The number of anilines is 8. The minimum absolute atomic E-state index is 0.0641. The number of nitrogens with one attached hydrogen (secondary N) is 4. The van der Waals surface area contributed by atoms with E-state index in [2.05, 4.69) is 158 Å². The summed E-state index contributed by atoms with van der Waals surface area (Å²) in [5.74, 6) is 0.618. The molecule has 0 radical (unpaired) electrons.